The van der Waals surface area contributed by atoms with Crippen LogP contribution in [0.5, 0.6) is 0 Å². The van der Waals surface area contributed by atoms with Crippen molar-refractivity contribution in [1.82, 2.24) is 15.5 Å². The maximum absolute atomic E-state index is 4.29. The molecule has 0 aliphatic carbocycles. The third-order valence-electron chi connectivity index (χ3n) is 4.31. The molecule has 2 aromatic carbocycles. The second-order valence-electron chi connectivity index (χ2n) is 6.04. The smallest absolute Gasteiger partial charge is 0.191 e. The Kier molecular flexibility index (Phi) is 7.99. The molecule has 0 aromatic heterocycles. The summed E-state index contributed by atoms with van der Waals surface area (Å²) in [6, 6.07) is 19.2. The first-order valence-electron chi connectivity index (χ1n) is 9.03. The normalized spacial score (nSPS) is 11.6. The van der Waals surface area contributed by atoms with Crippen LogP contribution in [0.25, 0.3) is 0 Å². The monoisotopic (exact) mass is 338 g/mol. The molecule has 2 rings (SSSR count). The van der Waals surface area contributed by atoms with E-state index in [1.807, 2.05) is 18.2 Å². The van der Waals surface area contributed by atoms with Crippen LogP contribution in [-0.2, 0) is 19.6 Å². The highest BCUT2D eigenvalue weighted by atomic mass is 15.2. The first kappa shape index (κ1) is 19.0. The molecule has 0 amide bonds. The van der Waals surface area contributed by atoms with Gasteiger partial charge in [-0.25, -0.2) is 0 Å². The van der Waals surface area contributed by atoms with Crippen molar-refractivity contribution in [2.75, 3.05) is 20.1 Å². The molecule has 0 spiro atoms. The minimum absolute atomic E-state index is 0.764. The van der Waals surface area contributed by atoms with Crippen molar-refractivity contribution >= 4 is 5.96 Å². The van der Waals surface area contributed by atoms with Gasteiger partial charge in [-0.15, -0.1) is 0 Å². The van der Waals surface area contributed by atoms with E-state index in [1.165, 1.54) is 16.7 Å². The van der Waals surface area contributed by atoms with Crippen molar-refractivity contribution in [3.63, 3.8) is 0 Å². The third-order valence-corrected chi connectivity index (χ3v) is 4.31. The number of benzene rings is 2. The zero-order chi connectivity index (χ0) is 17.9. The number of rotatable bonds is 8. The molecule has 2 aromatic rings. The lowest BCUT2D eigenvalue weighted by Crippen LogP contribution is -2.36. The lowest BCUT2D eigenvalue weighted by atomic mass is 10.1. The van der Waals surface area contributed by atoms with Gasteiger partial charge in [-0.2, -0.15) is 0 Å². The molecular weight excluding hydrogens is 308 g/mol. The largest absolute Gasteiger partial charge is 0.352 e. The zero-order valence-electron chi connectivity index (χ0n) is 15.6. The molecule has 0 atom stereocenters. The Morgan fingerprint density at radius 2 is 1.32 bits per heavy atom. The maximum Gasteiger partial charge on any atom is 0.191 e. The molecule has 4 heteroatoms. The lowest BCUT2D eigenvalue weighted by Gasteiger charge is -2.18. The summed E-state index contributed by atoms with van der Waals surface area (Å²) in [5, 5.41) is 6.71. The summed E-state index contributed by atoms with van der Waals surface area (Å²) in [7, 11) is 1.80. The van der Waals surface area contributed by atoms with Crippen LogP contribution in [0.15, 0.2) is 59.6 Å². The Morgan fingerprint density at radius 3 is 1.84 bits per heavy atom. The molecular formula is C21H30N4. The van der Waals surface area contributed by atoms with Gasteiger partial charge in [-0.05, 0) is 29.8 Å². The highest BCUT2D eigenvalue weighted by Gasteiger charge is 2.02. The van der Waals surface area contributed by atoms with E-state index in [-0.39, 0.29) is 0 Å². The van der Waals surface area contributed by atoms with E-state index < -0.39 is 0 Å². The zero-order valence-corrected chi connectivity index (χ0v) is 15.6. The van der Waals surface area contributed by atoms with Gasteiger partial charge in [-0.1, -0.05) is 68.4 Å². The molecule has 0 heterocycles. The number of nitrogens with one attached hydrogen (secondary N) is 2. The second kappa shape index (κ2) is 10.5. The van der Waals surface area contributed by atoms with Gasteiger partial charge >= 0.3 is 0 Å². The first-order valence-corrected chi connectivity index (χ1v) is 9.03. The summed E-state index contributed by atoms with van der Waals surface area (Å²) in [5.74, 6) is 0.816. The van der Waals surface area contributed by atoms with Gasteiger partial charge in [0.2, 0.25) is 0 Å². The highest BCUT2D eigenvalue weighted by Crippen LogP contribution is 2.07. The maximum atomic E-state index is 4.29. The Balaban J connectivity index is 1.80. The van der Waals surface area contributed by atoms with E-state index in [2.05, 4.69) is 70.8 Å². The van der Waals surface area contributed by atoms with Crippen molar-refractivity contribution < 1.29 is 0 Å². The Hall–Kier alpha value is -2.33. The quantitative estimate of drug-likeness (QED) is 0.572. The van der Waals surface area contributed by atoms with Gasteiger partial charge in [-0.3, -0.25) is 9.89 Å². The SMILES string of the molecule is CCN(CC)Cc1ccc(CNC(=NC)NCc2ccccc2)cc1. The van der Waals surface area contributed by atoms with Crippen molar-refractivity contribution in [1.29, 1.82) is 0 Å². The van der Waals surface area contributed by atoms with E-state index in [1.54, 1.807) is 7.05 Å². The Labute approximate surface area is 152 Å². The van der Waals surface area contributed by atoms with Crippen LogP contribution in [-0.4, -0.2) is 31.0 Å². The molecule has 2 N–H and O–H groups in total. The van der Waals surface area contributed by atoms with Gasteiger partial charge < -0.3 is 10.6 Å². The molecule has 0 fully saturated rings. The summed E-state index contributed by atoms with van der Waals surface area (Å²) in [6.45, 7) is 9.13. The number of nitrogens with zero attached hydrogens (tertiary/aromatic N) is 2. The molecule has 4 nitrogen and oxygen atoms in total. The molecule has 0 aliphatic heterocycles. The molecule has 0 bridgehead atoms. The van der Waals surface area contributed by atoms with Crippen molar-refractivity contribution in [2.24, 2.45) is 4.99 Å². The summed E-state index contributed by atoms with van der Waals surface area (Å²) in [4.78, 5) is 6.70. The van der Waals surface area contributed by atoms with E-state index in [9.17, 15) is 0 Å². The predicted octanol–water partition coefficient (Wildman–Crippen LogP) is 3.39. The minimum atomic E-state index is 0.764. The van der Waals surface area contributed by atoms with E-state index in [0.717, 1.165) is 38.7 Å². The first-order chi connectivity index (χ1) is 12.2. The standard InChI is InChI=1S/C21H30N4/c1-4-25(5-2)17-20-13-11-19(12-14-20)16-24-21(22-3)23-15-18-9-7-6-8-10-18/h6-14H,4-5,15-17H2,1-3H3,(H2,22,23,24). The average molecular weight is 338 g/mol. The van der Waals surface area contributed by atoms with E-state index in [0.29, 0.717) is 0 Å². The van der Waals surface area contributed by atoms with E-state index in [4.69, 9.17) is 0 Å². The Morgan fingerprint density at radius 1 is 0.800 bits per heavy atom. The Bertz CT molecular complexity index is 631. The van der Waals surface area contributed by atoms with Crippen LogP contribution in [0.1, 0.15) is 30.5 Å². The number of aliphatic imine (C=N–C) groups is 1. The van der Waals surface area contributed by atoms with Crippen molar-refractivity contribution in [2.45, 2.75) is 33.5 Å². The number of hydrogen-bond donors (Lipinski definition) is 2. The van der Waals surface area contributed by atoms with Gasteiger partial charge in [0.05, 0.1) is 0 Å². The molecule has 0 unspecified atom stereocenters. The van der Waals surface area contributed by atoms with E-state index >= 15 is 0 Å². The summed E-state index contributed by atoms with van der Waals surface area (Å²) in [5.41, 5.74) is 3.86. The highest BCUT2D eigenvalue weighted by molar-refractivity contribution is 5.79. The van der Waals surface area contributed by atoms with Crippen LogP contribution in [0, 0.1) is 0 Å². The fraction of sp³-hybridized carbons (Fsp3) is 0.381. The molecule has 134 valence electrons. The number of guanidine groups is 1. The fourth-order valence-electron chi connectivity index (χ4n) is 2.66. The van der Waals surface area contributed by atoms with Crippen LogP contribution in [0.3, 0.4) is 0 Å². The van der Waals surface area contributed by atoms with Crippen LogP contribution in [0.2, 0.25) is 0 Å². The lowest BCUT2D eigenvalue weighted by molar-refractivity contribution is 0.296. The molecule has 0 saturated carbocycles. The number of hydrogen-bond acceptors (Lipinski definition) is 2. The van der Waals surface area contributed by atoms with Crippen LogP contribution >= 0.6 is 0 Å². The average Bonchev–Trinajstić information content (AvgIpc) is 2.68. The third kappa shape index (κ3) is 6.59. The summed E-state index contributed by atoms with van der Waals surface area (Å²) in [6.07, 6.45) is 0. The molecule has 25 heavy (non-hydrogen) atoms. The second-order valence-corrected chi connectivity index (χ2v) is 6.04. The van der Waals surface area contributed by atoms with Gasteiger partial charge in [0, 0.05) is 26.7 Å². The van der Waals surface area contributed by atoms with Crippen molar-refractivity contribution in [3.05, 3.63) is 71.3 Å². The fourth-order valence-corrected chi connectivity index (χ4v) is 2.66. The van der Waals surface area contributed by atoms with Crippen LogP contribution < -0.4 is 10.6 Å². The van der Waals surface area contributed by atoms with Gasteiger partial charge in [0.25, 0.3) is 0 Å². The predicted molar refractivity (Wildman–Crippen MR) is 107 cm³/mol. The van der Waals surface area contributed by atoms with Gasteiger partial charge in [0.15, 0.2) is 5.96 Å². The van der Waals surface area contributed by atoms with Crippen LogP contribution in [0.4, 0.5) is 0 Å². The topological polar surface area (TPSA) is 39.7 Å². The minimum Gasteiger partial charge on any atom is -0.352 e. The van der Waals surface area contributed by atoms with Gasteiger partial charge in [0.1, 0.15) is 0 Å². The molecule has 0 saturated heterocycles. The molecule has 0 radical (unpaired) electrons. The summed E-state index contributed by atoms with van der Waals surface area (Å²) < 4.78 is 0. The van der Waals surface area contributed by atoms with Crippen molar-refractivity contribution in [3.8, 4) is 0 Å². The molecule has 0 aliphatic rings. The summed E-state index contributed by atoms with van der Waals surface area (Å²) >= 11 is 0.